The van der Waals surface area contributed by atoms with E-state index in [2.05, 4.69) is 18.3 Å². The molecule has 4 nitrogen and oxygen atoms in total. The zero-order chi connectivity index (χ0) is 18.7. The molecule has 1 N–H and O–H groups in total. The molecule has 0 spiro atoms. The Labute approximate surface area is 158 Å². The van der Waals surface area contributed by atoms with Crippen molar-refractivity contribution < 1.29 is 9.53 Å². The van der Waals surface area contributed by atoms with Crippen molar-refractivity contribution in [2.75, 3.05) is 11.9 Å². The van der Waals surface area contributed by atoms with Gasteiger partial charge in [0.2, 0.25) is 0 Å². The smallest absolute Gasteiger partial charge is 0.262 e. The minimum Gasteiger partial charge on any atom is -0.483 e. The molecular weight excluding hydrogens is 344 g/mol. The van der Waals surface area contributed by atoms with Crippen LogP contribution in [-0.2, 0) is 17.6 Å². The van der Waals surface area contributed by atoms with Crippen molar-refractivity contribution in [1.82, 2.24) is 0 Å². The molecular formula is C21H24N2O2S. The largest absolute Gasteiger partial charge is 0.483 e. The van der Waals surface area contributed by atoms with Crippen LogP contribution in [0.1, 0.15) is 46.9 Å². The molecule has 26 heavy (non-hydrogen) atoms. The van der Waals surface area contributed by atoms with E-state index < -0.39 is 0 Å². The van der Waals surface area contributed by atoms with Gasteiger partial charge in [-0.3, -0.25) is 4.79 Å². The molecule has 1 amide bonds. The van der Waals surface area contributed by atoms with Crippen molar-refractivity contribution >= 4 is 22.2 Å². The summed E-state index contributed by atoms with van der Waals surface area (Å²) in [6, 6.07) is 8.16. The van der Waals surface area contributed by atoms with Gasteiger partial charge in [0.25, 0.3) is 5.91 Å². The second kappa shape index (κ2) is 7.92. The summed E-state index contributed by atoms with van der Waals surface area (Å²) in [5.41, 5.74) is 3.94. The van der Waals surface area contributed by atoms with Gasteiger partial charge in [0.05, 0.1) is 5.56 Å². The highest BCUT2D eigenvalue weighted by Crippen LogP contribution is 2.39. The normalized spacial score (nSPS) is 15.8. The second-order valence-electron chi connectivity index (χ2n) is 6.94. The van der Waals surface area contributed by atoms with Gasteiger partial charge in [0.1, 0.15) is 16.8 Å². The number of aryl methyl sites for hydroxylation is 2. The van der Waals surface area contributed by atoms with Crippen molar-refractivity contribution in [3.8, 4) is 11.8 Å². The number of anilines is 1. The van der Waals surface area contributed by atoms with E-state index in [1.54, 1.807) is 11.3 Å². The molecule has 0 radical (unpaired) electrons. The molecule has 0 saturated carbocycles. The second-order valence-corrected chi connectivity index (χ2v) is 8.05. The van der Waals surface area contributed by atoms with Crippen LogP contribution in [0.5, 0.6) is 5.75 Å². The lowest BCUT2D eigenvalue weighted by molar-refractivity contribution is -0.118. The number of benzene rings is 1. The van der Waals surface area contributed by atoms with Crippen molar-refractivity contribution in [3.63, 3.8) is 0 Å². The molecule has 1 aliphatic carbocycles. The van der Waals surface area contributed by atoms with Crippen LogP contribution in [0.2, 0.25) is 0 Å². The lowest BCUT2D eigenvalue weighted by Crippen LogP contribution is -2.20. The Morgan fingerprint density at radius 3 is 2.92 bits per heavy atom. The van der Waals surface area contributed by atoms with Gasteiger partial charge in [-0.05, 0) is 56.2 Å². The van der Waals surface area contributed by atoms with E-state index in [4.69, 9.17) is 4.74 Å². The summed E-state index contributed by atoms with van der Waals surface area (Å²) >= 11 is 1.55. The van der Waals surface area contributed by atoms with E-state index in [1.165, 1.54) is 4.88 Å². The predicted octanol–water partition coefficient (Wildman–Crippen LogP) is 4.77. The molecule has 1 aromatic carbocycles. The summed E-state index contributed by atoms with van der Waals surface area (Å²) < 4.78 is 5.65. The van der Waals surface area contributed by atoms with Crippen molar-refractivity contribution in [2.24, 2.45) is 5.92 Å². The Morgan fingerprint density at radius 2 is 2.23 bits per heavy atom. The zero-order valence-corrected chi connectivity index (χ0v) is 16.3. The zero-order valence-electron chi connectivity index (χ0n) is 15.5. The van der Waals surface area contributed by atoms with E-state index in [1.807, 2.05) is 32.0 Å². The SMILES string of the molecule is CCC1CCc2c(sc(NC(=O)COc3ccc(C)cc3C)c2C#N)C1. The van der Waals surface area contributed by atoms with Crippen molar-refractivity contribution in [1.29, 1.82) is 5.26 Å². The molecule has 1 heterocycles. The Bertz CT molecular complexity index is 864. The first kappa shape index (κ1) is 18.5. The van der Waals surface area contributed by atoms with E-state index in [-0.39, 0.29) is 12.5 Å². The number of amides is 1. The Morgan fingerprint density at radius 1 is 1.42 bits per heavy atom. The molecule has 1 unspecified atom stereocenters. The lowest BCUT2D eigenvalue weighted by atomic mass is 9.86. The van der Waals surface area contributed by atoms with Gasteiger partial charge >= 0.3 is 0 Å². The molecule has 5 heteroatoms. The first-order valence-corrected chi connectivity index (χ1v) is 9.88. The summed E-state index contributed by atoms with van der Waals surface area (Å²) in [7, 11) is 0. The molecule has 0 fully saturated rings. The maximum Gasteiger partial charge on any atom is 0.262 e. The van der Waals surface area contributed by atoms with Gasteiger partial charge in [0, 0.05) is 4.88 Å². The number of carbonyl (C=O) groups excluding carboxylic acids is 1. The van der Waals surface area contributed by atoms with E-state index in [0.717, 1.165) is 42.4 Å². The number of hydrogen-bond acceptors (Lipinski definition) is 4. The molecule has 0 bridgehead atoms. The number of thiophene rings is 1. The van der Waals surface area contributed by atoms with Crippen molar-refractivity contribution in [2.45, 2.75) is 46.5 Å². The molecule has 2 aromatic rings. The van der Waals surface area contributed by atoms with Crippen LogP contribution < -0.4 is 10.1 Å². The van der Waals surface area contributed by atoms with Crippen LogP contribution in [0.4, 0.5) is 5.00 Å². The topological polar surface area (TPSA) is 62.1 Å². The Balaban J connectivity index is 1.68. The van der Waals surface area contributed by atoms with Crippen LogP contribution >= 0.6 is 11.3 Å². The first-order chi connectivity index (χ1) is 12.5. The third-order valence-electron chi connectivity index (χ3n) is 5.00. The lowest BCUT2D eigenvalue weighted by Gasteiger charge is -2.20. The van der Waals surface area contributed by atoms with Crippen molar-refractivity contribution in [3.05, 3.63) is 45.3 Å². The highest BCUT2D eigenvalue weighted by Gasteiger charge is 2.25. The van der Waals surface area contributed by atoms with Crippen LogP contribution in [0, 0.1) is 31.1 Å². The first-order valence-electron chi connectivity index (χ1n) is 9.06. The van der Waals surface area contributed by atoms with Crippen LogP contribution in [0.15, 0.2) is 18.2 Å². The van der Waals surface area contributed by atoms with Crippen LogP contribution in [-0.4, -0.2) is 12.5 Å². The fraction of sp³-hybridized carbons (Fsp3) is 0.429. The average Bonchev–Trinajstić information content (AvgIpc) is 2.96. The minimum absolute atomic E-state index is 0.0606. The average molecular weight is 369 g/mol. The molecule has 1 aromatic heterocycles. The van der Waals surface area contributed by atoms with Gasteiger partial charge in [-0.2, -0.15) is 5.26 Å². The van der Waals surface area contributed by atoms with Gasteiger partial charge in [0.15, 0.2) is 6.61 Å². The van der Waals surface area contributed by atoms with Gasteiger partial charge in [-0.1, -0.05) is 31.0 Å². The van der Waals surface area contributed by atoms with Gasteiger partial charge < -0.3 is 10.1 Å². The monoisotopic (exact) mass is 368 g/mol. The number of nitrogens with zero attached hydrogens (tertiary/aromatic N) is 1. The molecule has 1 atom stereocenters. The van der Waals surface area contributed by atoms with Gasteiger partial charge in [-0.25, -0.2) is 0 Å². The van der Waals surface area contributed by atoms with Gasteiger partial charge in [-0.15, -0.1) is 11.3 Å². The summed E-state index contributed by atoms with van der Waals surface area (Å²) in [5, 5.41) is 13.1. The Kier molecular flexibility index (Phi) is 5.63. The summed E-state index contributed by atoms with van der Waals surface area (Å²) in [6.07, 6.45) is 4.23. The fourth-order valence-corrected chi connectivity index (χ4v) is 4.80. The standard InChI is InChI=1S/C21H24N2O2S/c1-4-15-6-7-16-17(11-22)21(26-19(16)10-15)23-20(24)12-25-18-8-5-13(2)9-14(18)3/h5,8-9,15H,4,6-7,10,12H2,1-3H3,(H,23,24). The number of carbonyl (C=O) groups is 1. The number of fused-ring (bicyclic) bond motifs is 1. The van der Waals surface area contributed by atoms with E-state index in [9.17, 15) is 10.1 Å². The van der Waals surface area contributed by atoms with Crippen LogP contribution in [0.25, 0.3) is 0 Å². The third-order valence-corrected chi connectivity index (χ3v) is 6.17. The molecule has 136 valence electrons. The molecule has 0 aliphatic heterocycles. The number of ether oxygens (including phenoxy) is 1. The highest BCUT2D eigenvalue weighted by molar-refractivity contribution is 7.16. The number of rotatable bonds is 5. The molecule has 0 saturated heterocycles. The third kappa shape index (κ3) is 3.91. The van der Waals surface area contributed by atoms with E-state index in [0.29, 0.717) is 22.2 Å². The fourth-order valence-electron chi connectivity index (χ4n) is 3.48. The number of hydrogen-bond donors (Lipinski definition) is 1. The van der Waals surface area contributed by atoms with Crippen LogP contribution in [0.3, 0.4) is 0 Å². The molecule has 1 aliphatic rings. The summed E-state index contributed by atoms with van der Waals surface area (Å²) in [5.74, 6) is 1.17. The maximum atomic E-state index is 12.3. The summed E-state index contributed by atoms with van der Waals surface area (Å²) in [6.45, 7) is 6.14. The predicted molar refractivity (Wildman–Crippen MR) is 105 cm³/mol. The highest BCUT2D eigenvalue weighted by atomic mass is 32.1. The van der Waals surface area contributed by atoms with E-state index >= 15 is 0 Å². The quantitative estimate of drug-likeness (QED) is 0.827. The number of nitriles is 1. The Hall–Kier alpha value is -2.32. The summed E-state index contributed by atoms with van der Waals surface area (Å²) in [4.78, 5) is 13.6. The maximum absolute atomic E-state index is 12.3. The molecule has 3 rings (SSSR count). The minimum atomic E-state index is -0.230. The number of nitrogens with one attached hydrogen (secondary N) is 1.